The lowest BCUT2D eigenvalue weighted by Gasteiger charge is -2.37. The molecule has 3 rings (SSSR count). The molecular formula is C22H28N2O3S. The predicted molar refractivity (Wildman–Crippen MR) is 112 cm³/mol. The van der Waals surface area contributed by atoms with Gasteiger partial charge in [0.1, 0.15) is 0 Å². The van der Waals surface area contributed by atoms with Crippen molar-refractivity contribution < 1.29 is 14.3 Å². The lowest BCUT2D eigenvalue weighted by atomic mass is 9.92. The maximum absolute atomic E-state index is 13.2. The molecule has 28 heavy (non-hydrogen) atoms. The van der Waals surface area contributed by atoms with Crippen LogP contribution in [0.15, 0.2) is 35.7 Å². The molecule has 2 amide bonds. The van der Waals surface area contributed by atoms with Gasteiger partial charge >= 0.3 is 0 Å². The molecule has 0 saturated carbocycles. The molecule has 5 nitrogen and oxygen atoms in total. The number of amides is 2. The minimum absolute atomic E-state index is 0.00459. The Morgan fingerprint density at radius 3 is 2.68 bits per heavy atom. The minimum Gasteiger partial charge on any atom is -0.385 e. The summed E-state index contributed by atoms with van der Waals surface area (Å²) in [5.74, 6) is -0.0837. The third kappa shape index (κ3) is 4.62. The smallest absolute Gasteiger partial charge is 0.242 e. The standard InChI is InChI=1S/C22H28N2O3S/c1-16-5-7-18(8-6-16)22-19-10-14-28-20(19)9-12-24(22)21(26)15-23(17(2)25)11-4-13-27-3/h5-8,10,14,22H,4,9,11-13,15H2,1-3H3. The molecule has 0 bridgehead atoms. The van der Waals surface area contributed by atoms with Gasteiger partial charge in [-0.25, -0.2) is 0 Å². The van der Waals surface area contributed by atoms with Crippen LogP contribution in [0, 0.1) is 6.92 Å². The van der Waals surface area contributed by atoms with E-state index in [1.165, 1.54) is 22.9 Å². The van der Waals surface area contributed by atoms with Crippen LogP contribution in [0.25, 0.3) is 0 Å². The van der Waals surface area contributed by atoms with Gasteiger partial charge in [-0.2, -0.15) is 0 Å². The van der Waals surface area contributed by atoms with E-state index in [1.807, 2.05) is 4.90 Å². The highest BCUT2D eigenvalue weighted by atomic mass is 32.1. The molecule has 1 aromatic carbocycles. The fourth-order valence-electron chi connectivity index (χ4n) is 3.69. The first-order valence-corrected chi connectivity index (χ1v) is 10.6. The summed E-state index contributed by atoms with van der Waals surface area (Å²) in [5.41, 5.74) is 3.53. The number of thiophene rings is 1. The number of hydrogen-bond donors (Lipinski definition) is 0. The second-order valence-corrected chi connectivity index (χ2v) is 8.24. The van der Waals surface area contributed by atoms with Gasteiger partial charge in [0.2, 0.25) is 11.8 Å². The van der Waals surface area contributed by atoms with Crippen molar-refractivity contribution in [1.29, 1.82) is 0 Å². The Balaban J connectivity index is 1.83. The van der Waals surface area contributed by atoms with Crippen molar-refractivity contribution in [3.05, 3.63) is 57.3 Å². The van der Waals surface area contributed by atoms with Crippen LogP contribution in [0.4, 0.5) is 0 Å². The van der Waals surface area contributed by atoms with E-state index in [2.05, 4.69) is 42.6 Å². The van der Waals surface area contributed by atoms with Crippen molar-refractivity contribution in [2.75, 3.05) is 33.4 Å². The first kappa shape index (κ1) is 20.6. The molecule has 1 aliphatic heterocycles. The van der Waals surface area contributed by atoms with Gasteiger partial charge in [-0.1, -0.05) is 29.8 Å². The number of hydrogen-bond acceptors (Lipinski definition) is 4. The first-order valence-electron chi connectivity index (χ1n) is 9.68. The van der Waals surface area contributed by atoms with E-state index >= 15 is 0 Å². The molecule has 0 saturated heterocycles. The SMILES string of the molecule is COCCCN(CC(=O)N1CCc2sccc2C1c1ccc(C)cc1)C(C)=O. The summed E-state index contributed by atoms with van der Waals surface area (Å²) in [6, 6.07) is 10.4. The van der Waals surface area contributed by atoms with Crippen molar-refractivity contribution in [3.63, 3.8) is 0 Å². The molecule has 150 valence electrons. The van der Waals surface area contributed by atoms with Crippen LogP contribution in [0.2, 0.25) is 0 Å². The number of fused-ring (bicyclic) bond motifs is 1. The van der Waals surface area contributed by atoms with Crippen LogP contribution >= 0.6 is 11.3 Å². The average Bonchev–Trinajstić information content (AvgIpc) is 3.16. The molecule has 0 radical (unpaired) electrons. The fourth-order valence-corrected chi connectivity index (χ4v) is 4.60. The number of aryl methyl sites for hydroxylation is 1. The molecule has 1 atom stereocenters. The summed E-state index contributed by atoms with van der Waals surface area (Å²) in [5, 5.41) is 2.10. The number of methoxy groups -OCH3 is 1. The van der Waals surface area contributed by atoms with Crippen molar-refractivity contribution in [2.45, 2.75) is 32.7 Å². The van der Waals surface area contributed by atoms with Gasteiger partial charge in [0.05, 0.1) is 12.6 Å². The number of ether oxygens (including phenoxy) is 1. The molecule has 1 unspecified atom stereocenters. The number of carbonyl (C=O) groups is 2. The van der Waals surface area contributed by atoms with Crippen LogP contribution in [0.3, 0.4) is 0 Å². The Hall–Kier alpha value is -2.18. The molecule has 2 heterocycles. The van der Waals surface area contributed by atoms with Crippen LogP contribution in [-0.2, 0) is 20.7 Å². The largest absolute Gasteiger partial charge is 0.385 e. The fraction of sp³-hybridized carbons (Fsp3) is 0.455. The summed E-state index contributed by atoms with van der Waals surface area (Å²) < 4.78 is 5.08. The Labute approximate surface area is 170 Å². The van der Waals surface area contributed by atoms with E-state index in [4.69, 9.17) is 4.74 Å². The molecule has 0 aliphatic carbocycles. The molecule has 1 aliphatic rings. The van der Waals surface area contributed by atoms with Crippen molar-refractivity contribution in [1.82, 2.24) is 9.80 Å². The summed E-state index contributed by atoms with van der Waals surface area (Å²) in [4.78, 5) is 30.2. The van der Waals surface area contributed by atoms with E-state index in [9.17, 15) is 9.59 Å². The first-order chi connectivity index (χ1) is 13.5. The van der Waals surface area contributed by atoms with Gasteiger partial charge in [0, 0.05) is 38.6 Å². The van der Waals surface area contributed by atoms with Gasteiger partial charge in [-0.05, 0) is 42.3 Å². The van der Waals surface area contributed by atoms with E-state index in [0.717, 1.165) is 18.4 Å². The zero-order chi connectivity index (χ0) is 20.1. The quantitative estimate of drug-likeness (QED) is 0.669. The lowest BCUT2D eigenvalue weighted by molar-refractivity contribution is -0.140. The third-order valence-electron chi connectivity index (χ3n) is 5.23. The van der Waals surface area contributed by atoms with E-state index < -0.39 is 0 Å². The van der Waals surface area contributed by atoms with Gasteiger partial charge in [0.25, 0.3) is 0 Å². The number of nitrogens with zero attached hydrogens (tertiary/aromatic N) is 2. The highest BCUT2D eigenvalue weighted by Gasteiger charge is 2.33. The normalized spacial score (nSPS) is 16.0. The Morgan fingerprint density at radius 2 is 2.00 bits per heavy atom. The summed E-state index contributed by atoms with van der Waals surface area (Å²) in [6.07, 6.45) is 1.59. The van der Waals surface area contributed by atoms with Gasteiger partial charge in [-0.15, -0.1) is 11.3 Å². The van der Waals surface area contributed by atoms with Crippen molar-refractivity contribution >= 4 is 23.2 Å². The van der Waals surface area contributed by atoms with E-state index in [0.29, 0.717) is 19.7 Å². The van der Waals surface area contributed by atoms with Crippen LogP contribution in [0.1, 0.15) is 41.0 Å². The second-order valence-electron chi connectivity index (χ2n) is 7.24. The molecule has 0 N–H and O–H groups in total. The highest BCUT2D eigenvalue weighted by Crippen LogP contribution is 2.37. The summed E-state index contributed by atoms with van der Waals surface area (Å²) in [6.45, 7) is 5.47. The minimum atomic E-state index is -0.0871. The predicted octanol–water partition coefficient (Wildman–Crippen LogP) is 3.42. The van der Waals surface area contributed by atoms with E-state index in [1.54, 1.807) is 23.3 Å². The zero-order valence-corrected chi connectivity index (χ0v) is 17.6. The van der Waals surface area contributed by atoms with Crippen molar-refractivity contribution in [3.8, 4) is 0 Å². The van der Waals surface area contributed by atoms with Crippen LogP contribution < -0.4 is 0 Å². The van der Waals surface area contributed by atoms with Crippen LogP contribution in [0.5, 0.6) is 0 Å². The van der Waals surface area contributed by atoms with Gasteiger partial charge < -0.3 is 14.5 Å². The molecule has 2 aromatic rings. The van der Waals surface area contributed by atoms with Gasteiger partial charge in [-0.3, -0.25) is 9.59 Å². The van der Waals surface area contributed by atoms with Gasteiger partial charge in [0.15, 0.2) is 0 Å². The second kappa shape index (κ2) is 9.34. The third-order valence-corrected chi connectivity index (χ3v) is 6.22. The topological polar surface area (TPSA) is 49.9 Å². The number of carbonyl (C=O) groups excluding carboxylic acids is 2. The van der Waals surface area contributed by atoms with Crippen molar-refractivity contribution in [2.24, 2.45) is 0 Å². The number of rotatable bonds is 7. The number of benzene rings is 1. The Morgan fingerprint density at radius 1 is 1.25 bits per heavy atom. The average molecular weight is 401 g/mol. The van der Waals surface area contributed by atoms with Crippen LogP contribution in [-0.4, -0.2) is 55.0 Å². The molecule has 0 spiro atoms. The molecule has 1 aromatic heterocycles. The maximum atomic E-state index is 13.2. The van der Waals surface area contributed by atoms with E-state index in [-0.39, 0.29) is 24.4 Å². The zero-order valence-electron chi connectivity index (χ0n) is 16.8. The monoisotopic (exact) mass is 400 g/mol. The summed E-state index contributed by atoms with van der Waals surface area (Å²) >= 11 is 1.76. The lowest BCUT2D eigenvalue weighted by Crippen LogP contribution is -2.46. The highest BCUT2D eigenvalue weighted by molar-refractivity contribution is 7.10. The maximum Gasteiger partial charge on any atom is 0.242 e. The Bertz CT molecular complexity index is 815. The molecule has 0 fully saturated rings. The summed E-state index contributed by atoms with van der Waals surface area (Å²) in [7, 11) is 1.64. The Kier molecular flexibility index (Phi) is 6.86. The molecule has 6 heteroatoms. The molecular weight excluding hydrogens is 372 g/mol.